The lowest BCUT2D eigenvalue weighted by Crippen LogP contribution is -2.43. The summed E-state index contributed by atoms with van der Waals surface area (Å²) in [4.78, 5) is 14.6. The number of ether oxygens (including phenoxy) is 1. The zero-order chi connectivity index (χ0) is 15.7. The van der Waals surface area contributed by atoms with Crippen molar-refractivity contribution >= 4 is 5.91 Å². The molecule has 1 aliphatic rings. The summed E-state index contributed by atoms with van der Waals surface area (Å²) < 4.78 is 8.90. The van der Waals surface area contributed by atoms with Gasteiger partial charge in [-0.25, -0.2) is 0 Å². The first-order valence-corrected chi connectivity index (χ1v) is 7.38. The van der Waals surface area contributed by atoms with E-state index in [0.717, 1.165) is 17.8 Å². The number of carbonyl (C=O) groups excluding carboxylic acids is 1. The highest BCUT2D eigenvalue weighted by atomic mass is 16.5. The lowest BCUT2D eigenvalue weighted by molar-refractivity contribution is -0.134. The quantitative estimate of drug-likeness (QED) is 0.823. The van der Waals surface area contributed by atoms with Gasteiger partial charge in [0.2, 0.25) is 5.91 Å². The third-order valence-corrected chi connectivity index (χ3v) is 4.12. The lowest BCUT2D eigenvalue weighted by Gasteiger charge is -2.35. The van der Waals surface area contributed by atoms with Crippen LogP contribution in [0.15, 0.2) is 18.5 Å². The van der Waals surface area contributed by atoms with Gasteiger partial charge in [-0.2, -0.15) is 10.2 Å². The van der Waals surface area contributed by atoms with Crippen molar-refractivity contribution in [2.45, 2.75) is 18.9 Å². The molecule has 0 unspecified atom stereocenters. The Morgan fingerprint density at radius 2 is 2.27 bits per heavy atom. The van der Waals surface area contributed by atoms with E-state index in [9.17, 15) is 4.79 Å². The molecule has 0 saturated carbocycles. The van der Waals surface area contributed by atoms with Crippen molar-refractivity contribution in [3.05, 3.63) is 35.4 Å². The smallest absolute Gasteiger partial charge is 0.229 e. The Morgan fingerprint density at radius 1 is 1.45 bits per heavy atom. The van der Waals surface area contributed by atoms with Crippen LogP contribution in [0.25, 0.3) is 0 Å². The summed E-state index contributed by atoms with van der Waals surface area (Å²) in [6.07, 6.45) is 4.88. The summed E-state index contributed by atoms with van der Waals surface area (Å²) in [6, 6.07) is 1.79. The van der Waals surface area contributed by atoms with Crippen LogP contribution in [0.4, 0.5) is 0 Å². The maximum Gasteiger partial charge on any atom is 0.229 e. The van der Waals surface area contributed by atoms with E-state index >= 15 is 0 Å². The molecule has 2 aromatic rings. The minimum atomic E-state index is -0.0857. The van der Waals surface area contributed by atoms with Gasteiger partial charge < -0.3 is 9.64 Å². The molecular weight excluding hydrogens is 282 g/mol. The molecule has 2 aromatic heterocycles. The molecule has 1 aliphatic heterocycles. The van der Waals surface area contributed by atoms with Gasteiger partial charge in [0.1, 0.15) is 0 Å². The fourth-order valence-electron chi connectivity index (χ4n) is 3.10. The lowest BCUT2D eigenvalue weighted by atomic mass is 9.99. The van der Waals surface area contributed by atoms with Crippen molar-refractivity contribution in [1.82, 2.24) is 24.5 Å². The molecule has 22 heavy (non-hydrogen) atoms. The molecule has 0 aromatic carbocycles. The van der Waals surface area contributed by atoms with Crippen LogP contribution >= 0.6 is 0 Å². The SMILES string of the molecule is COC[C@@H]1c2c(cnn2C)CCN1C(=O)Cc1ccn(C)n1. The van der Waals surface area contributed by atoms with Crippen molar-refractivity contribution in [3.63, 3.8) is 0 Å². The largest absolute Gasteiger partial charge is 0.382 e. The monoisotopic (exact) mass is 303 g/mol. The summed E-state index contributed by atoms with van der Waals surface area (Å²) in [5, 5.41) is 8.61. The number of hydrogen-bond acceptors (Lipinski definition) is 4. The Balaban J connectivity index is 1.83. The summed E-state index contributed by atoms with van der Waals surface area (Å²) in [5.41, 5.74) is 3.06. The Bertz CT molecular complexity index is 675. The van der Waals surface area contributed by atoms with Gasteiger partial charge in [0.25, 0.3) is 0 Å². The van der Waals surface area contributed by atoms with Gasteiger partial charge in [0.05, 0.1) is 36.7 Å². The molecule has 118 valence electrons. The van der Waals surface area contributed by atoms with Gasteiger partial charge in [-0.05, 0) is 18.1 Å². The van der Waals surface area contributed by atoms with Gasteiger partial charge in [0, 0.05) is 33.9 Å². The molecule has 0 fully saturated rings. The topological polar surface area (TPSA) is 65.2 Å². The molecular formula is C15H21N5O2. The minimum Gasteiger partial charge on any atom is -0.382 e. The van der Waals surface area contributed by atoms with E-state index in [1.165, 1.54) is 5.56 Å². The fourth-order valence-corrected chi connectivity index (χ4v) is 3.10. The Labute approximate surface area is 129 Å². The maximum atomic E-state index is 12.7. The second-order valence-electron chi connectivity index (χ2n) is 5.64. The Morgan fingerprint density at radius 3 is 2.95 bits per heavy atom. The third-order valence-electron chi connectivity index (χ3n) is 4.12. The second-order valence-corrected chi connectivity index (χ2v) is 5.64. The first-order valence-electron chi connectivity index (χ1n) is 7.38. The number of hydrogen-bond donors (Lipinski definition) is 0. The fraction of sp³-hybridized carbons (Fsp3) is 0.533. The predicted octanol–water partition coefficient (Wildman–Crippen LogP) is 0.468. The molecule has 0 radical (unpaired) electrons. The van der Waals surface area contributed by atoms with Crippen LogP contribution in [-0.2, 0) is 36.5 Å². The van der Waals surface area contributed by atoms with Crippen molar-refractivity contribution in [2.24, 2.45) is 14.1 Å². The third kappa shape index (κ3) is 2.64. The summed E-state index contributed by atoms with van der Waals surface area (Å²) >= 11 is 0. The van der Waals surface area contributed by atoms with Crippen LogP contribution in [-0.4, -0.2) is 50.6 Å². The van der Waals surface area contributed by atoms with Gasteiger partial charge in [-0.3, -0.25) is 14.2 Å². The molecule has 1 amide bonds. The van der Waals surface area contributed by atoms with Crippen molar-refractivity contribution in [1.29, 1.82) is 0 Å². The van der Waals surface area contributed by atoms with Crippen molar-refractivity contribution < 1.29 is 9.53 Å². The van der Waals surface area contributed by atoms with Gasteiger partial charge in [-0.15, -0.1) is 0 Å². The van der Waals surface area contributed by atoms with Crippen molar-refractivity contribution in [3.8, 4) is 0 Å². The number of amides is 1. The zero-order valence-electron chi connectivity index (χ0n) is 13.2. The van der Waals surface area contributed by atoms with Gasteiger partial charge >= 0.3 is 0 Å². The maximum absolute atomic E-state index is 12.7. The number of nitrogens with zero attached hydrogens (tertiary/aromatic N) is 5. The highest BCUT2D eigenvalue weighted by molar-refractivity contribution is 5.79. The average molecular weight is 303 g/mol. The molecule has 0 spiro atoms. The van der Waals surface area contributed by atoms with E-state index in [1.54, 1.807) is 11.8 Å². The van der Waals surface area contributed by atoms with Crippen LogP contribution < -0.4 is 0 Å². The van der Waals surface area contributed by atoms with Crippen molar-refractivity contribution in [2.75, 3.05) is 20.3 Å². The highest BCUT2D eigenvalue weighted by Gasteiger charge is 2.33. The van der Waals surface area contributed by atoms with Crippen LogP contribution in [0.2, 0.25) is 0 Å². The molecule has 3 rings (SSSR count). The standard InChI is InChI=1S/C15H21N5O2/c1-18-6-5-12(17-18)8-14(21)20-7-4-11-9-16-19(2)15(11)13(20)10-22-3/h5-6,9,13H,4,7-8,10H2,1-3H3/t13-/m1/s1. The molecule has 0 aliphatic carbocycles. The van der Waals surface area contributed by atoms with E-state index in [-0.39, 0.29) is 11.9 Å². The normalized spacial score (nSPS) is 17.6. The number of methoxy groups -OCH3 is 1. The molecule has 3 heterocycles. The number of carbonyl (C=O) groups is 1. The second kappa shape index (κ2) is 5.92. The van der Waals surface area contributed by atoms with Crippen LogP contribution in [0.3, 0.4) is 0 Å². The first-order chi connectivity index (χ1) is 10.6. The van der Waals surface area contributed by atoms with Gasteiger partial charge in [-0.1, -0.05) is 0 Å². The van der Waals surface area contributed by atoms with Crippen LogP contribution in [0, 0.1) is 0 Å². The molecule has 0 saturated heterocycles. The van der Waals surface area contributed by atoms with Crippen LogP contribution in [0.1, 0.15) is 23.0 Å². The number of aryl methyl sites for hydroxylation is 2. The summed E-state index contributed by atoms with van der Waals surface area (Å²) in [7, 11) is 5.42. The highest BCUT2D eigenvalue weighted by Crippen LogP contribution is 2.30. The summed E-state index contributed by atoms with van der Waals surface area (Å²) in [5.74, 6) is 0.0765. The molecule has 7 heteroatoms. The molecule has 0 N–H and O–H groups in total. The van der Waals surface area contributed by atoms with E-state index in [4.69, 9.17) is 4.74 Å². The number of fused-ring (bicyclic) bond motifs is 1. The van der Waals surface area contributed by atoms with Crippen LogP contribution in [0.5, 0.6) is 0 Å². The molecule has 7 nitrogen and oxygen atoms in total. The molecule has 1 atom stereocenters. The minimum absolute atomic E-state index is 0.0765. The predicted molar refractivity (Wildman–Crippen MR) is 80.2 cm³/mol. The Hall–Kier alpha value is -2.15. The summed E-state index contributed by atoms with van der Waals surface area (Å²) in [6.45, 7) is 1.17. The number of aromatic nitrogens is 4. The Kier molecular flexibility index (Phi) is 3.98. The number of rotatable bonds is 4. The van der Waals surface area contributed by atoms with E-state index in [1.807, 2.05) is 42.1 Å². The van der Waals surface area contributed by atoms with E-state index in [2.05, 4.69) is 10.2 Å². The average Bonchev–Trinajstić information content (AvgIpc) is 3.06. The van der Waals surface area contributed by atoms with E-state index in [0.29, 0.717) is 19.6 Å². The van der Waals surface area contributed by atoms with E-state index < -0.39 is 0 Å². The first kappa shape index (κ1) is 14.8. The molecule has 0 bridgehead atoms. The van der Waals surface area contributed by atoms with Gasteiger partial charge in [0.15, 0.2) is 0 Å². The zero-order valence-corrected chi connectivity index (χ0v) is 13.2.